The van der Waals surface area contributed by atoms with Gasteiger partial charge in [0.2, 0.25) is 0 Å². The molecule has 0 N–H and O–H groups in total. The Balaban J connectivity index is 1.41. The van der Waals surface area contributed by atoms with Gasteiger partial charge in [0.25, 0.3) is 0 Å². The molecule has 0 amide bonds. The third-order valence-corrected chi connectivity index (χ3v) is 9.76. The summed E-state index contributed by atoms with van der Waals surface area (Å²) < 4.78 is 5.57. The van der Waals surface area contributed by atoms with Crippen LogP contribution in [0.2, 0.25) is 0 Å². The molecular formula is C28H38O2. The fraction of sp³-hybridized carbons (Fsp3) is 0.679. The highest BCUT2D eigenvalue weighted by molar-refractivity contribution is 6.05. The smallest absolute Gasteiger partial charge is 0.165 e. The third-order valence-electron chi connectivity index (χ3n) is 9.76. The molecule has 162 valence electrons. The van der Waals surface area contributed by atoms with Gasteiger partial charge in [-0.15, -0.1) is 0 Å². The van der Waals surface area contributed by atoms with Crippen LogP contribution in [0.3, 0.4) is 0 Å². The van der Waals surface area contributed by atoms with E-state index in [1.54, 1.807) is 0 Å². The summed E-state index contributed by atoms with van der Waals surface area (Å²) in [6.45, 7) is 7.60. The van der Waals surface area contributed by atoms with Crippen LogP contribution in [0.25, 0.3) is 6.08 Å². The summed E-state index contributed by atoms with van der Waals surface area (Å²) >= 11 is 0. The highest BCUT2D eigenvalue weighted by atomic mass is 16.5. The number of hydrogen-bond acceptors (Lipinski definition) is 2. The lowest BCUT2D eigenvalue weighted by molar-refractivity contribution is -0.137. The molecule has 0 bridgehead atoms. The van der Waals surface area contributed by atoms with E-state index in [4.69, 9.17) is 4.74 Å². The molecule has 0 unspecified atom stereocenters. The van der Waals surface area contributed by atoms with Crippen LogP contribution in [0, 0.1) is 34.5 Å². The Labute approximate surface area is 182 Å². The molecule has 0 aliphatic heterocycles. The maximum atomic E-state index is 13.6. The van der Waals surface area contributed by atoms with Gasteiger partial charge in [0.1, 0.15) is 5.75 Å². The summed E-state index contributed by atoms with van der Waals surface area (Å²) in [6, 6.07) is 8.22. The van der Waals surface area contributed by atoms with E-state index in [2.05, 4.69) is 32.1 Å². The summed E-state index contributed by atoms with van der Waals surface area (Å²) in [5, 5.41) is 0. The lowest BCUT2D eigenvalue weighted by atomic mass is 9.45. The second kappa shape index (κ2) is 7.53. The van der Waals surface area contributed by atoms with Crippen LogP contribution in [0.15, 0.2) is 29.8 Å². The van der Waals surface area contributed by atoms with Gasteiger partial charge in [-0.3, -0.25) is 4.79 Å². The molecule has 0 spiro atoms. The quantitative estimate of drug-likeness (QED) is 0.501. The average molecular weight is 407 g/mol. The van der Waals surface area contributed by atoms with Crippen molar-refractivity contribution in [1.82, 2.24) is 0 Å². The molecule has 4 aliphatic carbocycles. The topological polar surface area (TPSA) is 26.3 Å². The lowest BCUT2D eigenvalue weighted by Crippen LogP contribution is -2.52. The molecule has 0 aromatic heterocycles. The number of hydrogen-bond donors (Lipinski definition) is 0. The molecule has 4 aliphatic rings. The zero-order chi connectivity index (χ0) is 20.9. The van der Waals surface area contributed by atoms with E-state index in [1.807, 2.05) is 19.1 Å². The van der Waals surface area contributed by atoms with Gasteiger partial charge >= 0.3 is 0 Å². The van der Waals surface area contributed by atoms with Gasteiger partial charge in [0, 0.05) is 5.41 Å². The maximum Gasteiger partial charge on any atom is 0.165 e. The van der Waals surface area contributed by atoms with E-state index in [0.717, 1.165) is 47.5 Å². The minimum absolute atomic E-state index is 0.129. The zero-order valence-electron chi connectivity index (χ0n) is 19.1. The Morgan fingerprint density at radius 1 is 1.00 bits per heavy atom. The van der Waals surface area contributed by atoms with E-state index in [0.29, 0.717) is 23.7 Å². The van der Waals surface area contributed by atoms with Crippen LogP contribution >= 0.6 is 0 Å². The van der Waals surface area contributed by atoms with Crippen LogP contribution in [0.4, 0.5) is 0 Å². The van der Waals surface area contributed by atoms with Crippen molar-refractivity contribution in [3.05, 3.63) is 35.4 Å². The number of carbonyl (C=O) groups is 1. The van der Waals surface area contributed by atoms with E-state index < -0.39 is 0 Å². The van der Waals surface area contributed by atoms with E-state index in [1.165, 1.54) is 44.9 Å². The molecule has 4 fully saturated rings. The Bertz CT molecular complexity index is 837. The van der Waals surface area contributed by atoms with Crippen molar-refractivity contribution >= 4 is 11.9 Å². The molecule has 0 saturated heterocycles. The molecular weight excluding hydrogens is 368 g/mol. The maximum absolute atomic E-state index is 13.6. The van der Waals surface area contributed by atoms with Gasteiger partial charge < -0.3 is 4.74 Å². The van der Waals surface area contributed by atoms with Crippen molar-refractivity contribution in [1.29, 1.82) is 0 Å². The molecule has 30 heavy (non-hydrogen) atoms. The fourth-order valence-corrected chi connectivity index (χ4v) is 8.12. The number of fused-ring (bicyclic) bond motifs is 5. The van der Waals surface area contributed by atoms with E-state index in [9.17, 15) is 4.79 Å². The van der Waals surface area contributed by atoms with Crippen molar-refractivity contribution in [3.8, 4) is 5.75 Å². The first-order valence-electron chi connectivity index (χ1n) is 12.4. The van der Waals surface area contributed by atoms with Gasteiger partial charge in [0.15, 0.2) is 5.78 Å². The molecule has 1 aromatic rings. The first-order chi connectivity index (χ1) is 14.5. The number of rotatable bonds is 3. The number of allylic oxidation sites excluding steroid dienone is 1. The molecule has 4 saturated carbocycles. The number of carbonyl (C=O) groups excluding carboxylic acids is 1. The molecule has 2 heteroatoms. The predicted octanol–water partition coefficient (Wildman–Crippen LogP) is 7.08. The Hall–Kier alpha value is -1.57. The van der Waals surface area contributed by atoms with Gasteiger partial charge in [0.05, 0.1) is 6.61 Å². The minimum Gasteiger partial charge on any atom is -0.494 e. The first-order valence-corrected chi connectivity index (χ1v) is 12.4. The standard InChI is InChI=1S/C28H38O2/c1-4-30-22-11-8-19(9-12-22)17-20-18-25-23-13-10-21-7-5-6-15-27(21,2)24(23)14-16-28(25,3)26(20)29/h8-9,11-12,17,21,23-25H,4-7,10,13-16,18H2,1-3H3/b20-17-/t21-,23+,24-,25-,27+,28+/m1/s1. The Kier molecular flexibility index (Phi) is 5.11. The molecule has 2 nitrogen and oxygen atoms in total. The number of benzene rings is 1. The minimum atomic E-state index is -0.129. The Morgan fingerprint density at radius 2 is 1.80 bits per heavy atom. The van der Waals surface area contributed by atoms with Crippen LogP contribution in [0.1, 0.15) is 84.1 Å². The molecule has 5 rings (SSSR count). The SMILES string of the molecule is CCOc1ccc(/C=C2/C[C@@H]3[C@H]4CC[C@H]5CCCC[C@]5(C)[C@@H]4CC[C@]3(C)C2=O)cc1. The average Bonchev–Trinajstić information content (AvgIpc) is 3.00. The largest absolute Gasteiger partial charge is 0.494 e. The second-order valence-corrected chi connectivity index (χ2v) is 11.1. The van der Waals surface area contributed by atoms with Crippen molar-refractivity contribution in [2.24, 2.45) is 34.5 Å². The van der Waals surface area contributed by atoms with Crippen molar-refractivity contribution in [2.75, 3.05) is 6.61 Å². The summed E-state index contributed by atoms with van der Waals surface area (Å²) in [7, 11) is 0. The summed E-state index contributed by atoms with van der Waals surface area (Å²) in [5.74, 6) is 4.42. The van der Waals surface area contributed by atoms with Gasteiger partial charge in [-0.2, -0.15) is 0 Å². The summed E-state index contributed by atoms with van der Waals surface area (Å²) in [5.41, 5.74) is 2.61. The van der Waals surface area contributed by atoms with Crippen LogP contribution < -0.4 is 4.74 Å². The van der Waals surface area contributed by atoms with Gasteiger partial charge in [-0.05, 0) is 110 Å². The van der Waals surface area contributed by atoms with Gasteiger partial charge in [-0.1, -0.05) is 38.8 Å². The van der Waals surface area contributed by atoms with Crippen LogP contribution in [-0.4, -0.2) is 12.4 Å². The second-order valence-electron chi connectivity index (χ2n) is 11.1. The number of ether oxygens (including phenoxy) is 1. The normalized spacial score (nSPS) is 41.8. The third kappa shape index (κ3) is 3.09. The van der Waals surface area contributed by atoms with Crippen molar-refractivity contribution in [3.63, 3.8) is 0 Å². The molecule has 0 radical (unpaired) electrons. The highest BCUT2D eigenvalue weighted by Gasteiger charge is 2.60. The lowest BCUT2D eigenvalue weighted by Gasteiger charge is -2.59. The predicted molar refractivity (Wildman–Crippen MR) is 122 cm³/mol. The first kappa shape index (κ1) is 20.3. The van der Waals surface area contributed by atoms with E-state index in [-0.39, 0.29) is 5.41 Å². The molecule has 1 aromatic carbocycles. The van der Waals surface area contributed by atoms with Crippen LogP contribution in [-0.2, 0) is 4.79 Å². The van der Waals surface area contributed by atoms with Gasteiger partial charge in [-0.25, -0.2) is 0 Å². The van der Waals surface area contributed by atoms with Crippen molar-refractivity contribution < 1.29 is 9.53 Å². The Morgan fingerprint density at radius 3 is 2.57 bits per heavy atom. The summed E-state index contributed by atoms with van der Waals surface area (Å²) in [4.78, 5) is 13.6. The number of Topliss-reactive ketones (excluding diaryl/α,β-unsaturated/α-hetero) is 1. The monoisotopic (exact) mass is 406 g/mol. The van der Waals surface area contributed by atoms with Crippen LogP contribution in [0.5, 0.6) is 5.75 Å². The zero-order valence-corrected chi connectivity index (χ0v) is 19.1. The number of ketones is 1. The summed E-state index contributed by atoms with van der Waals surface area (Å²) in [6.07, 6.45) is 14.0. The fourth-order valence-electron chi connectivity index (χ4n) is 8.12. The molecule has 0 heterocycles. The highest BCUT2D eigenvalue weighted by Crippen LogP contribution is 2.66. The van der Waals surface area contributed by atoms with E-state index >= 15 is 0 Å². The molecule has 6 atom stereocenters. The van der Waals surface area contributed by atoms with Crippen molar-refractivity contribution in [2.45, 2.75) is 78.6 Å².